The smallest absolute Gasteiger partial charge is 0.174 e. The van der Waals surface area contributed by atoms with Gasteiger partial charge in [-0.05, 0) is 29.7 Å². The molecule has 0 aliphatic rings. The van der Waals surface area contributed by atoms with Gasteiger partial charge in [0.1, 0.15) is 11.8 Å². The maximum absolute atomic E-state index is 8.61. The molecule has 3 heteroatoms. The fourth-order valence-electron chi connectivity index (χ4n) is 1.88. The van der Waals surface area contributed by atoms with Gasteiger partial charge in [0.25, 0.3) is 0 Å². The minimum Gasteiger partial charge on any atom is -0.478 e. The molecule has 0 N–H and O–H groups in total. The molecular formula is C15H16BrNO. The number of hydrogen-bond acceptors (Lipinski definition) is 2. The molecule has 0 amide bonds. The van der Waals surface area contributed by atoms with Gasteiger partial charge in [0.05, 0.1) is 0 Å². The summed E-state index contributed by atoms with van der Waals surface area (Å²) in [7, 11) is 0. The lowest BCUT2D eigenvalue weighted by atomic mass is 9.85. The number of rotatable bonds is 5. The Morgan fingerprint density at radius 2 is 2.17 bits per heavy atom. The second-order valence-corrected chi connectivity index (χ2v) is 5.30. The van der Waals surface area contributed by atoms with E-state index in [1.54, 1.807) is 0 Å². The SMILES string of the molecule is C#CCC(c1cc(Br)ccc1OCC#N)C(C)C. The van der Waals surface area contributed by atoms with E-state index in [9.17, 15) is 0 Å². The molecule has 0 aromatic heterocycles. The van der Waals surface area contributed by atoms with Gasteiger partial charge in [-0.3, -0.25) is 0 Å². The van der Waals surface area contributed by atoms with Crippen LogP contribution in [0.1, 0.15) is 31.7 Å². The quantitative estimate of drug-likeness (QED) is 0.767. The van der Waals surface area contributed by atoms with E-state index in [1.807, 2.05) is 24.3 Å². The Morgan fingerprint density at radius 1 is 1.44 bits per heavy atom. The lowest BCUT2D eigenvalue weighted by Crippen LogP contribution is -2.09. The van der Waals surface area contributed by atoms with E-state index in [-0.39, 0.29) is 12.5 Å². The highest BCUT2D eigenvalue weighted by Gasteiger charge is 2.19. The highest BCUT2D eigenvalue weighted by molar-refractivity contribution is 9.10. The van der Waals surface area contributed by atoms with Crippen LogP contribution in [0.15, 0.2) is 22.7 Å². The summed E-state index contributed by atoms with van der Waals surface area (Å²) < 4.78 is 6.46. The maximum Gasteiger partial charge on any atom is 0.174 e. The summed E-state index contributed by atoms with van der Waals surface area (Å²) >= 11 is 3.46. The Kier molecular flexibility index (Phi) is 5.75. The van der Waals surface area contributed by atoms with Crippen LogP contribution in [0.4, 0.5) is 0 Å². The first-order chi connectivity index (χ1) is 8.60. The molecule has 0 bridgehead atoms. The van der Waals surface area contributed by atoms with Gasteiger partial charge >= 0.3 is 0 Å². The molecule has 1 rings (SSSR count). The Morgan fingerprint density at radius 3 is 2.72 bits per heavy atom. The molecule has 0 fully saturated rings. The zero-order valence-corrected chi connectivity index (χ0v) is 12.2. The number of benzene rings is 1. The molecule has 0 saturated heterocycles. The zero-order valence-electron chi connectivity index (χ0n) is 10.6. The number of nitrogens with zero attached hydrogens (tertiary/aromatic N) is 1. The third-order valence-corrected chi connectivity index (χ3v) is 3.30. The van der Waals surface area contributed by atoms with Crippen LogP contribution in [-0.4, -0.2) is 6.61 Å². The predicted molar refractivity (Wildman–Crippen MR) is 76.3 cm³/mol. The number of hydrogen-bond donors (Lipinski definition) is 0. The van der Waals surface area contributed by atoms with Crippen molar-refractivity contribution in [2.24, 2.45) is 5.92 Å². The molecule has 94 valence electrons. The first-order valence-electron chi connectivity index (χ1n) is 5.82. The molecule has 0 aliphatic carbocycles. The monoisotopic (exact) mass is 305 g/mol. The molecule has 18 heavy (non-hydrogen) atoms. The Labute approximate surface area is 117 Å². The van der Waals surface area contributed by atoms with Gasteiger partial charge in [-0.2, -0.15) is 5.26 Å². The molecule has 0 spiro atoms. The summed E-state index contributed by atoms with van der Waals surface area (Å²) in [5.74, 6) is 4.11. The van der Waals surface area contributed by atoms with E-state index in [0.29, 0.717) is 12.3 Å². The van der Waals surface area contributed by atoms with Crippen LogP contribution in [0.5, 0.6) is 5.75 Å². The van der Waals surface area contributed by atoms with E-state index in [2.05, 4.69) is 35.7 Å². The van der Waals surface area contributed by atoms with Crippen molar-refractivity contribution in [2.45, 2.75) is 26.2 Å². The fraction of sp³-hybridized carbons (Fsp3) is 0.400. The van der Waals surface area contributed by atoms with Crippen molar-refractivity contribution in [1.82, 2.24) is 0 Å². The second kappa shape index (κ2) is 7.09. The van der Waals surface area contributed by atoms with E-state index in [0.717, 1.165) is 15.8 Å². The summed E-state index contributed by atoms with van der Waals surface area (Å²) in [4.78, 5) is 0. The fourth-order valence-corrected chi connectivity index (χ4v) is 2.26. The van der Waals surface area contributed by atoms with Gasteiger partial charge in [0, 0.05) is 16.8 Å². The predicted octanol–water partition coefficient (Wildman–Crippen LogP) is 4.11. The van der Waals surface area contributed by atoms with Crippen molar-refractivity contribution in [1.29, 1.82) is 5.26 Å². The summed E-state index contributed by atoms with van der Waals surface area (Å²) in [5.41, 5.74) is 1.06. The summed E-state index contributed by atoms with van der Waals surface area (Å²) in [5, 5.41) is 8.61. The first kappa shape index (κ1) is 14.6. The lowest BCUT2D eigenvalue weighted by molar-refractivity contribution is 0.355. The highest BCUT2D eigenvalue weighted by atomic mass is 79.9. The highest BCUT2D eigenvalue weighted by Crippen LogP contribution is 2.36. The number of nitriles is 1. The average Bonchev–Trinajstić information content (AvgIpc) is 2.34. The zero-order chi connectivity index (χ0) is 13.5. The third-order valence-electron chi connectivity index (χ3n) is 2.81. The Hall–Kier alpha value is -1.45. The van der Waals surface area contributed by atoms with Crippen LogP contribution < -0.4 is 4.74 Å². The molecule has 1 atom stereocenters. The largest absolute Gasteiger partial charge is 0.478 e. The van der Waals surface area contributed by atoms with Gasteiger partial charge in [0.2, 0.25) is 0 Å². The maximum atomic E-state index is 8.61. The van der Waals surface area contributed by atoms with Crippen molar-refractivity contribution >= 4 is 15.9 Å². The van der Waals surface area contributed by atoms with Crippen molar-refractivity contribution in [3.05, 3.63) is 28.2 Å². The van der Waals surface area contributed by atoms with Crippen LogP contribution in [0.2, 0.25) is 0 Å². The molecule has 0 radical (unpaired) electrons. The standard InChI is InChI=1S/C15H16BrNO/c1-4-5-13(11(2)3)14-10-12(16)6-7-15(14)18-9-8-17/h1,6-7,10-11,13H,5,9H2,2-3H3. The van der Waals surface area contributed by atoms with Crippen molar-refractivity contribution in [3.63, 3.8) is 0 Å². The van der Waals surface area contributed by atoms with Crippen LogP contribution in [-0.2, 0) is 0 Å². The van der Waals surface area contributed by atoms with Crippen molar-refractivity contribution in [3.8, 4) is 24.2 Å². The van der Waals surface area contributed by atoms with Crippen LogP contribution in [0.3, 0.4) is 0 Å². The topological polar surface area (TPSA) is 33.0 Å². The average molecular weight is 306 g/mol. The molecule has 0 saturated carbocycles. The van der Waals surface area contributed by atoms with Crippen molar-refractivity contribution in [2.75, 3.05) is 6.61 Å². The second-order valence-electron chi connectivity index (χ2n) is 4.39. The summed E-state index contributed by atoms with van der Waals surface area (Å²) in [6.45, 7) is 4.32. The number of halogens is 1. The Balaban J connectivity index is 3.14. The minimum absolute atomic E-state index is 0.0511. The normalized spacial score (nSPS) is 11.7. The molecule has 2 nitrogen and oxygen atoms in total. The third kappa shape index (κ3) is 3.79. The first-order valence-corrected chi connectivity index (χ1v) is 6.62. The van der Waals surface area contributed by atoms with Crippen LogP contribution >= 0.6 is 15.9 Å². The van der Waals surface area contributed by atoms with Gasteiger partial charge in [-0.15, -0.1) is 12.3 Å². The van der Waals surface area contributed by atoms with E-state index >= 15 is 0 Å². The molecule has 1 aromatic rings. The van der Waals surface area contributed by atoms with E-state index in [1.165, 1.54) is 0 Å². The summed E-state index contributed by atoms with van der Waals surface area (Å²) in [6.07, 6.45) is 6.10. The van der Waals surface area contributed by atoms with Crippen molar-refractivity contribution < 1.29 is 4.74 Å². The molecule has 0 heterocycles. The van der Waals surface area contributed by atoms with E-state index in [4.69, 9.17) is 16.4 Å². The molecule has 1 aromatic carbocycles. The number of terminal acetylenes is 1. The molecule has 0 aliphatic heterocycles. The molecule has 1 unspecified atom stereocenters. The minimum atomic E-state index is 0.0511. The van der Waals surface area contributed by atoms with Gasteiger partial charge in [0.15, 0.2) is 6.61 Å². The lowest BCUT2D eigenvalue weighted by Gasteiger charge is -2.22. The Bertz CT molecular complexity index is 482. The molecular weight excluding hydrogens is 290 g/mol. The van der Waals surface area contributed by atoms with Gasteiger partial charge < -0.3 is 4.74 Å². The van der Waals surface area contributed by atoms with Gasteiger partial charge in [-0.25, -0.2) is 0 Å². The van der Waals surface area contributed by atoms with Gasteiger partial charge in [-0.1, -0.05) is 29.8 Å². The van der Waals surface area contributed by atoms with Crippen LogP contribution in [0, 0.1) is 29.6 Å². The van der Waals surface area contributed by atoms with Crippen LogP contribution in [0.25, 0.3) is 0 Å². The summed E-state index contributed by atoms with van der Waals surface area (Å²) in [6, 6.07) is 7.79. The van der Waals surface area contributed by atoms with E-state index < -0.39 is 0 Å². The number of ether oxygens (including phenoxy) is 1.